The molecule has 2 amide bonds. The van der Waals surface area contributed by atoms with E-state index in [0.717, 1.165) is 19.4 Å². The number of rotatable bonds is 14. The van der Waals surface area contributed by atoms with Crippen LogP contribution in [0, 0.1) is 0 Å². The molecule has 1 aliphatic rings. The van der Waals surface area contributed by atoms with Crippen LogP contribution in [-0.2, 0) is 14.3 Å². The number of nitrogens with one attached hydrogen (secondary N) is 1. The lowest BCUT2D eigenvalue weighted by atomic mass is 10.1. The zero-order chi connectivity index (χ0) is 21.8. The number of esters is 1. The van der Waals surface area contributed by atoms with E-state index in [1.165, 1.54) is 63.4 Å². The molecule has 0 aliphatic carbocycles. The zero-order valence-electron chi connectivity index (χ0n) is 18.5. The Hall–Kier alpha value is -2.21. The summed E-state index contributed by atoms with van der Waals surface area (Å²) in [6, 6.07) is 5.87. The third kappa shape index (κ3) is 7.24. The van der Waals surface area contributed by atoms with Crippen molar-refractivity contribution < 1.29 is 19.1 Å². The maximum absolute atomic E-state index is 12.7. The lowest BCUT2D eigenvalue weighted by Gasteiger charge is -2.16. The Morgan fingerprint density at radius 3 is 2.10 bits per heavy atom. The summed E-state index contributed by atoms with van der Waals surface area (Å²) in [5.74, 6) is -0.888. The maximum atomic E-state index is 12.7. The third-order valence-electron chi connectivity index (χ3n) is 5.61. The number of benzene rings is 1. The number of ether oxygens (including phenoxy) is 1. The lowest BCUT2D eigenvalue weighted by Crippen LogP contribution is -2.39. The molecule has 6 heteroatoms. The van der Waals surface area contributed by atoms with Crippen LogP contribution in [0.5, 0.6) is 0 Å². The van der Waals surface area contributed by atoms with E-state index in [-0.39, 0.29) is 18.2 Å². The van der Waals surface area contributed by atoms with Crippen LogP contribution in [0.3, 0.4) is 0 Å². The zero-order valence-corrected chi connectivity index (χ0v) is 18.5. The van der Waals surface area contributed by atoms with Crippen molar-refractivity contribution in [3.8, 4) is 0 Å². The Bertz CT molecular complexity index is 687. The highest BCUT2D eigenvalue weighted by molar-refractivity contribution is 6.22. The van der Waals surface area contributed by atoms with Crippen molar-refractivity contribution >= 4 is 23.5 Å². The van der Waals surface area contributed by atoms with Gasteiger partial charge in [0, 0.05) is 0 Å². The van der Waals surface area contributed by atoms with Crippen molar-refractivity contribution in [1.29, 1.82) is 0 Å². The first-order chi connectivity index (χ1) is 14.6. The van der Waals surface area contributed by atoms with Gasteiger partial charge in [-0.3, -0.25) is 9.59 Å². The molecule has 166 valence electrons. The molecule has 0 saturated carbocycles. The summed E-state index contributed by atoms with van der Waals surface area (Å²) in [5.41, 5.74) is 0.872. The monoisotopic (exact) mass is 416 g/mol. The Balaban J connectivity index is 1.66. The van der Waals surface area contributed by atoms with Crippen molar-refractivity contribution in [2.45, 2.75) is 83.6 Å². The third-order valence-corrected chi connectivity index (χ3v) is 5.61. The number of carbonyl (C=O) groups is 3. The van der Waals surface area contributed by atoms with E-state index in [0.29, 0.717) is 11.3 Å². The van der Waals surface area contributed by atoms with Crippen LogP contribution in [0.4, 0.5) is 5.69 Å². The molecule has 1 aromatic carbocycles. The molecule has 0 aromatic heterocycles. The molecule has 6 nitrogen and oxygen atoms in total. The normalized spacial score (nSPS) is 16.3. The minimum absolute atomic E-state index is 0.176. The Morgan fingerprint density at radius 2 is 1.53 bits per heavy atom. The molecule has 0 spiro atoms. The van der Waals surface area contributed by atoms with E-state index < -0.39 is 12.0 Å². The smallest absolute Gasteiger partial charge is 0.337 e. The van der Waals surface area contributed by atoms with Gasteiger partial charge in [0.2, 0.25) is 5.91 Å². The second kappa shape index (κ2) is 13.2. The van der Waals surface area contributed by atoms with Gasteiger partial charge >= 0.3 is 5.97 Å². The molecule has 1 aromatic rings. The Morgan fingerprint density at radius 1 is 0.967 bits per heavy atom. The highest BCUT2D eigenvalue weighted by Crippen LogP contribution is 2.23. The second-order valence-corrected chi connectivity index (χ2v) is 8.00. The van der Waals surface area contributed by atoms with Crippen molar-refractivity contribution in [3.63, 3.8) is 0 Å². The number of anilines is 1. The average Bonchev–Trinajstić information content (AvgIpc) is 3.04. The molecule has 1 atom stereocenters. The number of nitrogens with zero attached hydrogens (tertiary/aromatic N) is 1. The summed E-state index contributed by atoms with van der Waals surface area (Å²) in [7, 11) is 1.31. The van der Waals surface area contributed by atoms with Gasteiger partial charge in [-0.2, -0.15) is 0 Å². The summed E-state index contributed by atoms with van der Waals surface area (Å²) in [4.78, 5) is 37.7. The first-order valence-corrected chi connectivity index (χ1v) is 11.4. The van der Waals surface area contributed by atoms with E-state index >= 15 is 0 Å². The molecule has 1 aliphatic heterocycles. The minimum Gasteiger partial charge on any atom is -0.465 e. The van der Waals surface area contributed by atoms with Crippen LogP contribution in [-0.4, -0.2) is 37.5 Å². The molecular formula is C24H36N2O4. The van der Waals surface area contributed by atoms with Gasteiger partial charge in [0.1, 0.15) is 0 Å². The number of unbranched alkanes of at least 4 members (excludes halogenated alkanes) is 9. The van der Waals surface area contributed by atoms with Gasteiger partial charge in [0.05, 0.1) is 30.8 Å². The number of methoxy groups -OCH3 is 1. The van der Waals surface area contributed by atoms with Gasteiger partial charge in [-0.25, -0.2) is 9.69 Å². The Kier molecular flexibility index (Phi) is 10.6. The molecule has 1 fully saturated rings. The van der Waals surface area contributed by atoms with Crippen molar-refractivity contribution in [2.75, 3.05) is 18.6 Å². The van der Waals surface area contributed by atoms with E-state index in [1.54, 1.807) is 24.3 Å². The molecule has 0 unspecified atom stereocenters. The van der Waals surface area contributed by atoms with Gasteiger partial charge in [0.15, 0.2) is 0 Å². The van der Waals surface area contributed by atoms with Gasteiger partial charge in [0.25, 0.3) is 5.91 Å². The number of hydrogen-bond acceptors (Lipinski definition) is 5. The first kappa shape index (κ1) is 24.1. The fraction of sp³-hybridized carbons (Fsp3) is 0.625. The largest absolute Gasteiger partial charge is 0.465 e. The molecule has 2 rings (SSSR count). The van der Waals surface area contributed by atoms with E-state index in [1.807, 2.05) is 0 Å². The molecule has 1 N–H and O–H groups in total. The standard InChI is InChI=1S/C24H36N2O4/c1-3-4-5-6-7-8-9-10-11-12-17-25-21-18-22(27)26(23(21)28)20-15-13-19(14-16-20)24(29)30-2/h13-16,21,25H,3-12,17-18H2,1-2H3/t21-/m0/s1. The predicted octanol–water partition coefficient (Wildman–Crippen LogP) is 4.62. The quantitative estimate of drug-likeness (QED) is 0.272. The number of imide groups is 1. The molecular weight excluding hydrogens is 380 g/mol. The van der Waals surface area contributed by atoms with Gasteiger partial charge in [-0.05, 0) is 37.2 Å². The summed E-state index contributed by atoms with van der Waals surface area (Å²) < 4.78 is 4.67. The number of hydrogen-bond donors (Lipinski definition) is 1. The van der Waals surface area contributed by atoms with Crippen molar-refractivity contribution in [3.05, 3.63) is 29.8 Å². The van der Waals surface area contributed by atoms with Crippen LogP contribution in [0.25, 0.3) is 0 Å². The first-order valence-electron chi connectivity index (χ1n) is 11.4. The highest BCUT2D eigenvalue weighted by atomic mass is 16.5. The van der Waals surface area contributed by atoms with E-state index in [9.17, 15) is 14.4 Å². The van der Waals surface area contributed by atoms with E-state index in [4.69, 9.17) is 0 Å². The molecule has 0 radical (unpaired) electrons. The van der Waals surface area contributed by atoms with Crippen LogP contribution in [0.2, 0.25) is 0 Å². The van der Waals surface area contributed by atoms with Gasteiger partial charge in [-0.1, -0.05) is 64.7 Å². The number of amides is 2. The summed E-state index contributed by atoms with van der Waals surface area (Å²) in [6.45, 7) is 2.99. The van der Waals surface area contributed by atoms with Crippen LogP contribution >= 0.6 is 0 Å². The fourth-order valence-electron chi connectivity index (χ4n) is 3.82. The average molecular weight is 417 g/mol. The van der Waals surface area contributed by atoms with Crippen molar-refractivity contribution in [2.24, 2.45) is 0 Å². The topological polar surface area (TPSA) is 75.7 Å². The van der Waals surface area contributed by atoms with Crippen LogP contribution in [0.1, 0.15) is 87.9 Å². The molecule has 30 heavy (non-hydrogen) atoms. The minimum atomic E-state index is -0.462. The lowest BCUT2D eigenvalue weighted by molar-refractivity contribution is -0.121. The summed E-state index contributed by atoms with van der Waals surface area (Å²) in [6.07, 6.45) is 12.9. The SMILES string of the molecule is CCCCCCCCCCCCN[C@H]1CC(=O)N(c2ccc(C(=O)OC)cc2)C1=O. The molecule has 1 heterocycles. The molecule has 0 bridgehead atoms. The second-order valence-electron chi connectivity index (χ2n) is 8.00. The fourth-order valence-corrected chi connectivity index (χ4v) is 3.82. The maximum Gasteiger partial charge on any atom is 0.337 e. The highest BCUT2D eigenvalue weighted by Gasteiger charge is 2.39. The molecule has 1 saturated heterocycles. The number of carbonyl (C=O) groups excluding carboxylic acids is 3. The predicted molar refractivity (Wildman–Crippen MR) is 119 cm³/mol. The van der Waals surface area contributed by atoms with Crippen LogP contribution in [0.15, 0.2) is 24.3 Å². The van der Waals surface area contributed by atoms with Gasteiger partial charge in [-0.15, -0.1) is 0 Å². The van der Waals surface area contributed by atoms with Crippen LogP contribution < -0.4 is 10.2 Å². The van der Waals surface area contributed by atoms with E-state index in [2.05, 4.69) is 17.0 Å². The summed E-state index contributed by atoms with van der Waals surface area (Å²) >= 11 is 0. The van der Waals surface area contributed by atoms with Crippen molar-refractivity contribution in [1.82, 2.24) is 5.32 Å². The summed E-state index contributed by atoms with van der Waals surface area (Å²) in [5, 5.41) is 3.24. The van der Waals surface area contributed by atoms with Gasteiger partial charge < -0.3 is 10.1 Å². The Labute approximate surface area is 180 Å².